The van der Waals surface area contributed by atoms with E-state index in [1.807, 2.05) is 0 Å². The maximum absolute atomic E-state index is 11.8. The highest BCUT2D eigenvalue weighted by Crippen LogP contribution is 2.24. The van der Waals surface area contributed by atoms with Gasteiger partial charge in [0.15, 0.2) is 9.84 Å². The lowest BCUT2D eigenvalue weighted by atomic mass is 10.2. The van der Waals surface area contributed by atoms with Crippen molar-refractivity contribution in [2.75, 3.05) is 5.75 Å². The van der Waals surface area contributed by atoms with Crippen LogP contribution in [0.4, 0.5) is 5.69 Å². The van der Waals surface area contributed by atoms with Crippen LogP contribution in [0.15, 0.2) is 24.4 Å². The van der Waals surface area contributed by atoms with Crippen molar-refractivity contribution in [2.24, 2.45) is 0 Å². The molecule has 0 aliphatic heterocycles. The molecule has 2 aromatic rings. The monoisotopic (exact) mass is 297 g/mol. The van der Waals surface area contributed by atoms with Crippen LogP contribution in [0.5, 0.6) is 0 Å². The van der Waals surface area contributed by atoms with Gasteiger partial charge in [0.2, 0.25) is 0 Å². The van der Waals surface area contributed by atoms with E-state index >= 15 is 0 Å². The van der Waals surface area contributed by atoms with Crippen LogP contribution in [-0.2, 0) is 16.4 Å². The summed E-state index contributed by atoms with van der Waals surface area (Å²) < 4.78 is 25.1. The fourth-order valence-corrected chi connectivity index (χ4v) is 2.77. The van der Waals surface area contributed by atoms with E-state index in [-0.39, 0.29) is 18.0 Å². The zero-order valence-corrected chi connectivity index (χ0v) is 12.0. The van der Waals surface area contributed by atoms with Crippen LogP contribution in [-0.4, -0.2) is 34.1 Å². The van der Waals surface area contributed by atoms with Gasteiger partial charge in [0.1, 0.15) is 0 Å². The smallest absolute Gasteiger partial charge is 0.264 e. The molecule has 1 aromatic heterocycles. The van der Waals surface area contributed by atoms with Gasteiger partial charge in [-0.1, -0.05) is 6.07 Å². The molecule has 0 saturated heterocycles. The normalized spacial score (nSPS) is 12.2. The van der Waals surface area contributed by atoms with Gasteiger partial charge >= 0.3 is 0 Å². The number of non-ortho nitro benzene ring substituents is 1. The fraction of sp³-hybridized carbons (Fsp3) is 0.417. The Hall–Kier alpha value is -1.96. The minimum absolute atomic E-state index is 0.0273. The topological polar surface area (TPSA) is 95.1 Å². The van der Waals surface area contributed by atoms with Crippen molar-refractivity contribution in [3.05, 3.63) is 34.5 Å². The van der Waals surface area contributed by atoms with E-state index < -0.39 is 20.0 Å². The number of aryl methyl sites for hydroxylation is 1. The summed E-state index contributed by atoms with van der Waals surface area (Å²) in [7, 11) is -3.16. The maximum atomic E-state index is 11.8. The van der Waals surface area contributed by atoms with Crippen LogP contribution < -0.4 is 0 Å². The molecule has 0 atom stereocenters. The predicted octanol–water partition coefficient (Wildman–Crippen LogP) is 1.77. The van der Waals surface area contributed by atoms with Crippen molar-refractivity contribution in [3.8, 4) is 0 Å². The molecule has 1 aromatic carbocycles. The van der Waals surface area contributed by atoms with Gasteiger partial charge in [0.25, 0.3) is 5.69 Å². The van der Waals surface area contributed by atoms with E-state index in [2.05, 4.69) is 5.10 Å². The molecule has 0 bridgehead atoms. The second-order valence-electron chi connectivity index (χ2n) is 4.75. The van der Waals surface area contributed by atoms with Crippen LogP contribution in [0.2, 0.25) is 0 Å². The number of benzene rings is 1. The lowest BCUT2D eigenvalue weighted by Gasteiger charge is -2.08. The Balaban J connectivity index is 2.34. The van der Waals surface area contributed by atoms with E-state index in [0.29, 0.717) is 10.9 Å². The predicted molar refractivity (Wildman–Crippen MR) is 75.3 cm³/mol. The summed E-state index contributed by atoms with van der Waals surface area (Å²) in [5.74, 6) is -0.0376. The number of rotatable bonds is 5. The second kappa shape index (κ2) is 5.20. The molecule has 0 radical (unpaired) electrons. The summed E-state index contributed by atoms with van der Waals surface area (Å²) in [6.45, 7) is 3.44. The van der Waals surface area contributed by atoms with Crippen LogP contribution in [0.1, 0.15) is 13.8 Å². The molecule has 20 heavy (non-hydrogen) atoms. The quantitative estimate of drug-likeness (QED) is 0.619. The van der Waals surface area contributed by atoms with Crippen molar-refractivity contribution in [1.29, 1.82) is 0 Å². The summed E-state index contributed by atoms with van der Waals surface area (Å²) in [6, 6.07) is 4.66. The van der Waals surface area contributed by atoms with Gasteiger partial charge < -0.3 is 0 Å². The summed E-state index contributed by atoms with van der Waals surface area (Å²) >= 11 is 0. The van der Waals surface area contributed by atoms with E-state index in [1.54, 1.807) is 26.0 Å². The molecule has 2 rings (SSSR count). The average Bonchev–Trinajstić information content (AvgIpc) is 2.79. The standard InChI is InChI=1S/C12H15N3O4S/c1-9(2)20(18,19)7-6-14-11-4-3-5-12(15(16)17)10(11)8-13-14/h3-5,8-9H,6-7H2,1-2H3. The molecule has 0 aliphatic rings. The second-order valence-corrected chi connectivity index (χ2v) is 7.43. The van der Waals surface area contributed by atoms with Crippen LogP contribution in [0.25, 0.3) is 10.9 Å². The molecule has 0 fully saturated rings. The molecular weight excluding hydrogens is 282 g/mol. The summed E-state index contributed by atoms with van der Waals surface area (Å²) in [5.41, 5.74) is 0.540. The Morgan fingerprint density at radius 2 is 2.10 bits per heavy atom. The van der Waals surface area contributed by atoms with E-state index in [4.69, 9.17) is 0 Å². The van der Waals surface area contributed by atoms with Gasteiger partial charge in [0.05, 0.1) is 39.6 Å². The van der Waals surface area contributed by atoms with Crippen LogP contribution in [0.3, 0.4) is 0 Å². The third kappa shape index (κ3) is 2.64. The number of aromatic nitrogens is 2. The Kier molecular flexibility index (Phi) is 3.76. The van der Waals surface area contributed by atoms with Crippen LogP contribution in [0, 0.1) is 10.1 Å². The molecule has 8 heteroatoms. The van der Waals surface area contributed by atoms with Gasteiger partial charge in [-0.3, -0.25) is 14.8 Å². The average molecular weight is 297 g/mol. The number of fused-ring (bicyclic) bond motifs is 1. The van der Waals surface area contributed by atoms with Gasteiger partial charge in [0, 0.05) is 6.07 Å². The Bertz CT molecular complexity index is 749. The number of hydrogen-bond acceptors (Lipinski definition) is 5. The number of nitro benzene ring substituents is 1. The highest BCUT2D eigenvalue weighted by Gasteiger charge is 2.18. The van der Waals surface area contributed by atoms with Gasteiger partial charge in [-0.25, -0.2) is 8.42 Å². The maximum Gasteiger partial charge on any atom is 0.280 e. The van der Waals surface area contributed by atoms with E-state index in [0.717, 1.165) is 0 Å². The van der Waals surface area contributed by atoms with Crippen molar-refractivity contribution in [1.82, 2.24) is 9.78 Å². The summed E-state index contributed by atoms with van der Waals surface area (Å²) in [4.78, 5) is 10.4. The highest BCUT2D eigenvalue weighted by atomic mass is 32.2. The third-order valence-corrected chi connectivity index (χ3v) is 5.36. The zero-order chi connectivity index (χ0) is 14.9. The van der Waals surface area contributed by atoms with Crippen LogP contribution >= 0.6 is 0 Å². The molecule has 0 amide bonds. The molecule has 108 valence electrons. The lowest BCUT2D eigenvalue weighted by Crippen LogP contribution is -2.21. The first-order chi connectivity index (χ1) is 9.33. The minimum atomic E-state index is -3.16. The Morgan fingerprint density at radius 3 is 2.70 bits per heavy atom. The van der Waals surface area contributed by atoms with Crippen molar-refractivity contribution in [3.63, 3.8) is 0 Å². The number of sulfone groups is 1. The largest absolute Gasteiger partial charge is 0.280 e. The molecule has 0 spiro atoms. The first-order valence-electron chi connectivity index (χ1n) is 6.13. The Morgan fingerprint density at radius 1 is 1.40 bits per heavy atom. The molecule has 0 N–H and O–H groups in total. The molecule has 0 saturated carbocycles. The number of hydrogen-bond donors (Lipinski definition) is 0. The van der Waals surface area contributed by atoms with Crippen molar-refractivity contribution < 1.29 is 13.3 Å². The first-order valence-corrected chi connectivity index (χ1v) is 7.85. The third-order valence-electron chi connectivity index (χ3n) is 3.17. The van der Waals surface area contributed by atoms with E-state index in [1.165, 1.54) is 16.9 Å². The zero-order valence-electron chi connectivity index (χ0n) is 11.2. The lowest BCUT2D eigenvalue weighted by molar-refractivity contribution is -0.383. The molecular formula is C12H15N3O4S. The van der Waals surface area contributed by atoms with Crippen molar-refractivity contribution in [2.45, 2.75) is 25.6 Å². The van der Waals surface area contributed by atoms with Gasteiger partial charge in [-0.05, 0) is 19.9 Å². The first kappa shape index (κ1) is 14.4. The molecule has 1 heterocycles. The summed E-state index contributed by atoms with van der Waals surface area (Å²) in [5, 5.41) is 14.9. The molecule has 7 nitrogen and oxygen atoms in total. The molecule has 0 unspecified atom stereocenters. The number of nitrogens with zero attached hydrogens (tertiary/aromatic N) is 3. The van der Waals surface area contributed by atoms with E-state index in [9.17, 15) is 18.5 Å². The van der Waals surface area contributed by atoms with Gasteiger partial charge in [-0.2, -0.15) is 5.10 Å². The minimum Gasteiger partial charge on any atom is -0.264 e. The van der Waals surface area contributed by atoms with Crippen molar-refractivity contribution >= 4 is 26.4 Å². The number of nitro groups is 1. The molecule has 0 aliphatic carbocycles. The summed E-state index contributed by atoms with van der Waals surface area (Å²) in [6.07, 6.45) is 1.40. The van der Waals surface area contributed by atoms with Gasteiger partial charge in [-0.15, -0.1) is 0 Å². The Labute approximate surface area is 116 Å². The SMILES string of the molecule is CC(C)S(=O)(=O)CCn1ncc2c([N+](=O)[O-])cccc21. The highest BCUT2D eigenvalue weighted by molar-refractivity contribution is 7.91. The fourth-order valence-electron chi connectivity index (χ4n) is 1.87.